The highest BCUT2D eigenvalue weighted by atomic mass is 32.2. The van der Waals surface area contributed by atoms with E-state index in [9.17, 15) is 4.79 Å². The van der Waals surface area contributed by atoms with Crippen LogP contribution in [0.1, 0.15) is 6.92 Å². The topological polar surface area (TPSA) is 52.1 Å². The summed E-state index contributed by atoms with van der Waals surface area (Å²) in [6.07, 6.45) is 1.63. The van der Waals surface area contributed by atoms with Crippen LogP contribution in [-0.4, -0.2) is 27.9 Å². The SMILES string of the molecule is COC(=O)C(C)Sc1cnns1. The normalized spacial score (nSPS) is 12.5. The van der Waals surface area contributed by atoms with Crippen LogP contribution in [0.5, 0.6) is 0 Å². The Morgan fingerprint density at radius 3 is 3.08 bits per heavy atom. The van der Waals surface area contributed by atoms with E-state index in [-0.39, 0.29) is 11.2 Å². The highest BCUT2D eigenvalue weighted by molar-refractivity contribution is 8.02. The first-order valence-electron chi connectivity index (χ1n) is 3.26. The molecule has 1 heterocycles. The van der Waals surface area contributed by atoms with E-state index in [1.54, 1.807) is 13.1 Å². The summed E-state index contributed by atoms with van der Waals surface area (Å²) in [5.41, 5.74) is 0. The number of nitrogens with zero attached hydrogens (tertiary/aromatic N) is 2. The number of carbonyl (C=O) groups excluding carboxylic acids is 1. The molecule has 1 rings (SSSR count). The van der Waals surface area contributed by atoms with E-state index in [0.29, 0.717) is 0 Å². The van der Waals surface area contributed by atoms with E-state index in [1.165, 1.54) is 30.4 Å². The van der Waals surface area contributed by atoms with Crippen molar-refractivity contribution >= 4 is 29.3 Å². The first-order chi connectivity index (χ1) is 5.74. The smallest absolute Gasteiger partial charge is 0.318 e. The van der Waals surface area contributed by atoms with Crippen LogP contribution in [0.25, 0.3) is 0 Å². The summed E-state index contributed by atoms with van der Waals surface area (Å²) in [4.78, 5) is 11.0. The number of hydrogen-bond donors (Lipinski definition) is 0. The molecule has 0 N–H and O–H groups in total. The van der Waals surface area contributed by atoms with E-state index in [2.05, 4.69) is 14.3 Å². The first-order valence-corrected chi connectivity index (χ1v) is 4.91. The fourth-order valence-corrected chi connectivity index (χ4v) is 2.22. The minimum Gasteiger partial charge on any atom is -0.468 e. The van der Waals surface area contributed by atoms with Crippen molar-refractivity contribution in [2.24, 2.45) is 0 Å². The number of thioether (sulfide) groups is 1. The molecule has 4 nitrogen and oxygen atoms in total. The lowest BCUT2D eigenvalue weighted by Crippen LogP contribution is -2.14. The molecule has 1 aromatic heterocycles. The molecule has 0 saturated carbocycles. The van der Waals surface area contributed by atoms with Gasteiger partial charge in [0.1, 0.15) is 9.46 Å². The summed E-state index contributed by atoms with van der Waals surface area (Å²) in [5.74, 6) is -0.228. The maximum atomic E-state index is 11.0. The van der Waals surface area contributed by atoms with Crippen LogP contribution < -0.4 is 0 Å². The maximum Gasteiger partial charge on any atom is 0.318 e. The standard InChI is InChI=1S/C6H8N2O2S2/c1-4(6(9)10-2)11-5-3-7-8-12-5/h3-4H,1-2H3. The van der Waals surface area contributed by atoms with Gasteiger partial charge in [-0.05, 0) is 18.5 Å². The quantitative estimate of drug-likeness (QED) is 0.547. The van der Waals surface area contributed by atoms with Crippen molar-refractivity contribution in [3.8, 4) is 0 Å². The van der Waals surface area contributed by atoms with Crippen molar-refractivity contribution in [1.29, 1.82) is 0 Å². The molecular formula is C6H8N2O2S2. The van der Waals surface area contributed by atoms with Crippen LogP contribution in [0.3, 0.4) is 0 Å². The molecule has 12 heavy (non-hydrogen) atoms. The fourth-order valence-electron chi connectivity index (χ4n) is 0.598. The maximum absolute atomic E-state index is 11.0. The summed E-state index contributed by atoms with van der Waals surface area (Å²) >= 11 is 2.68. The lowest BCUT2D eigenvalue weighted by atomic mass is 10.5. The zero-order chi connectivity index (χ0) is 8.97. The Kier molecular flexibility index (Phi) is 3.48. The van der Waals surface area contributed by atoms with Gasteiger partial charge in [0.25, 0.3) is 0 Å². The third-order valence-electron chi connectivity index (χ3n) is 1.17. The van der Waals surface area contributed by atoms with Crippen molar-refractivity contribution in [2.75, 3.05) is 7.11 Å². The van der Waals surface area contributed by atoms with E-state index >= 15 is 0 Å². The molecule has 0 aliphatic heterocycles. The number of esters is 1. The van der Waals surface area contributed by atoms with E-state index < -0.39 is 0 Å². The molecule has 1 aromatic rings. The van der Waals surface area contributed by atoms with Crippen LogP contribution in [0.4, 0.5) is 0 Å². The summed E-state index contributed by atoms with van der Waals surface area (Å²) in [5, 5.41) is 3.46. The number of carbonyl (C=O) groups is 1. The second kappa shape index (κ2) is 4.42. The van der Waals surface area contributed by atoms with Gasteiger partial charge in [-0.3, -0.25) is 4.79 Å². The second-order valence-electron chi connectivity index (χ2n) is 2.02. The minimum absolute atomic E-state index is 0.197. The molecule has 0 amide bonds. The van der Waals surface area contributed by atoms with Gasteiger partial charge in [-0.25, -0.2) is 0 Å². The third-order valence-corrected chi connectivity index (χ3v) is 3.02. The highest BCUT2D eigenvalue weighted by Gasteiger charge is 2.15. The summed E-state index contributed by atoms with van der Waals surface area (Å²) < 4.78 is 9.17. The number of rotatable bonds is 3. The average molecular weight is 204 g/mol. The second-order valence-corrected chi connectivity index (χ2v) is 4.45. The zero-order valence-electron chi connectivity index (χ0n) is 6.68. The van der Waals surface area contributed by atoms with E-state index in [4.69, 9.17) is 0 Å². The molecular weight excluding hydrogens is 196 g/mol. The van der Waals surface area contributed by atoms with Crippen molar-refractivity contribution < 1.29 is 9.53 Å². The first kappa shape index (κ1) is 9.47. The molecule has 0 aliphatic rings. The summed E-state index contributed by atoms with van der Waals surface area (Å²) in [6.45, 7) is 1.79. The highest BCUT2D eigenvalue weighted by Crippen LogP contribution is 2.25. The summed E-state index contributed by atoms with van der Waals surface area (Å²) in [6, 6.07) is 0. The lowest BCUT2D eigenvalue weighted by molar-refractivity contribution is -0.139. The van der Waals surface area contributed by atoms with Gasteiger partial charge in [-0.15, -0.1) is 5.10 Å². The van der Waals surface area contributed by atoms with E-state index in [0.717, 1.165) is 4.21 Å². The lowest BCUT2D eigenvalue weighted by Gasteiger charge is -2.04. The zero-order valence-corrected chi connectivity index (χ0v) is 8.32. The molecule has 6 heteroatoms. The average Bonchev–Trinajstić information content (AvgIpc) is 2.55. The number of hydrogen-bond acceptors (Lipinski definition) is 6. The molecule has 0 aromatic carbocycles. The number of methoxy groups -OCH3 is 1. The minimum atomic E-state index is -0.228. The van der Waals surface area contributed by atoms with Gasteiger partial charge in [0.2, 0.25) is 0 Å². The van der Waals surface area contributed by atoms with Crippen LogP contribution in [-0.2, 0) is 9.53 Å². The van der Waals surface area contributed by atoms with Crippen molar-refractivity contribution in [3.63, 3.8) is 0 Å². The molecule has 0 fully saturated rings. The Labute approximate surface area is 78.5 Å². The van der Waals surface area contributed by atoms with Gasteiger partial charge in [0.15, 0.2) is 0 Å². The monoisotopic (exact) mass is 204 g/mol. The molecule has 0 spiro atoms. The molecule has 0 bridgehead atoms. The third kappa shape index (κ3) is 2.46. The fraction of sp³-hybridized carbons (Fsp3) is 0.500. The van der Waals surface area contributed by atoms with Crippen LogP contribution >= 0.6 is 23.3 Å². The summed E-state index contributed by atoms with van der Waals surface area (Å²) in [7, 11) is 1.38. The Hall–Kier alpha value is -0.620. The largest absolute Gasteiger partial charge is 0.468 e. The molecule has 1 atom stereocenters. The van der Waals surface area contributed by atoms with Gasteiger partial charge in [0.05, 0.1) is 13.3 Å². The number of ether oxygens (including phenoxy) is 1. The van der Waals surface area contributed by atoms with Crippen molar-refractivity contribution in [2.45, 2.75) is 16.4 Å². The van der Waals surface area contributed by atoms with Gasteiger partial charge >= 0.3 is 5.97 Å². The van der Waals surface area contributed by atoms with Gasteiger partial charge in [0, 0.05) is 0 Å². The predicted octanol–water partition coefficient (Wildman–Crippen LogP) is 1.19. The Morgan fingerprint density at radius 1 is 1.83 bits per heavy atom. The molecule has 66 valence electrons. The molecule has 1 unspecified atom stereocenters. The molecule has 0 saturated heterocycles. The molecule has 0 aliphatic carbocycles. The van der Waals surface area contributed by atoms with Gasteiger partial charge < -0.3 is 4.74 Å². The molecule has 0 radical (unpaired) electrons. The van der Waals surface area contributed by atoms with Crippen LogP contribution in [0.15, 0.2) is 10.4 Å². The van der Waals surface area contributed by atoms with Crippen LogP contribution in [0, 0.1) is 0 Å². The van der Waals surface area contributed by atoms with E-state index in [1.807, 2.05) is 0 Å². The van der Waals surface area contributed by atoms with Crippen molar-refractivity contribution in [1.82, 2.24) is 9.59 Å². The number of aromatic nitrogens is 2. The predicted molar refractivity (Wildman–Crippen MR) is 47.2 cm³/mol. The Bertz CT molecular complexity index is 250. The van der Waals surface area contributed by atoms with Crippen molar-refractivity contribution in [3.05, 3.63) is 6.20 Å². The Balaban J connectivity index is 2.47. The van der Waals surface area contributed by atoms with Gasteiger partial charge in [-0.1, -0.05) is 16.3 Å². The van der Waals surface area contributed by atoms with Gasteiger partial charge in [-0.2, -0.15) is 0 Å². The van der Waals surface area contributed by atoms with Crippen LogP contribution in [0.2, 0.25) is 0 Å². The Morgan fingerprint density at radius 2 is 2.58 bits per heavy atom.